The number of rotatable bonds is 9. The maximum absolute atomic E-state index is 12.2. The number of anilines is 1. The van der Waals surface area contributed by atoms with Gasteiger partial charge in [0.2, 0.25) is 15.9 Å². The second-order valence-electron chi connectivity index (χ2n) is 7.34. The van der Waals surface area contributed by atoms with Crippen molar-refractivity contribution in [3.63, 3.8) is 0 Å². The van der Waals surface area contributed by atoms with Gasteiger partial charge in [-0.3, -0.25) is 4.79 Å². The topological polar surface area (TPSA) is 97.4 Å². The predicted octanol–water partition coefficient (Wildman–Crippen LogP) is 4.37. The molecule has 0 aliphatic carbocycles. The van der Waals surface area contributed by atoms with Gasteiger partial charge in [-0.1, -0.05) is 12.1 Å². The zero-order valence-electron chi connectivity index (χ0n) is 18.0. The van der Waals surface area contributed by atoms with E-state index in [2.05, 4.69) is 15.0 Å². The number of amides is 1. The molecule has 32 heavy (non-hydrogen) atoms. The molecule has 9 heteroatoms. The fourth-order valence-electron chi connectivity index (χ4n) is 2.76. The average molecular weight is 472 g/mol. The SMILES string of the molecule is Cc1nc(COc2ccc(/C=C/C(=O)Nc3ccc(S(=O)(=O)NC(C)C)cc3)cc2)cs1. The molecule has 2 N–H and O–H groups in total. The van der Waals surface area contributed by atoms with Gasteiger partial charge in [-0.2, -0.15) is 0 Å². The molecule has 168 valence electrons. The van der Waals surface area contributed by atoms with Crippen molar-refractivity contribution in [1.29, 1.82) is 0 Å². The van der Waals surface area contributed by atoms with Gasteiger partial charge < -0.3 is 10.1 Å². The Kier molecular flexibility index (Phi) is 7.79. The molecule has 0 radical (unpaired) electrons. The number of hydrogen-bond donors (Lipinski definition) is 2. The number of ether oxygens (including phenoxy) is 1. The molecule has 0 unspecified atom stereocenters. The summed E-state index contributed by atoms with van der Waals surface area (Å²) < 4.78 is 32.5. The van der Waals surface area contributed by atoms with Crippen LogP contribution in [0.4, 0.5) is 5.69 Å². The van der Waals surface area contributed by atoms with E-state index in [1.54, 1.807) is 43.4 Å². The van der Waals surface area contributed by atoms with E-state index < -0.39 is 10.0 Å². The minimum atomic E-state index is -3.56. The van der Waals surface area contributed by atoms with Crippen molar-refractivity contribution in [3.8, 4) is 5.75 Å². The van der Waals surface area contributed by atoms with E-state index in [1.165, 1.54) is 18.2 Å². The number of aromatic nitrogens is 1. The summed E-state index contributed by atoms with van der Waals surface area (Å²) in [6.07, 6.45) is 3.10. The van der Waals surface area contributed by atoms with Crippen LogP contribution in [0.2, 0.25) is 0 Å². The van der Waals surface area contributed by atoms with Gasteiger partial charge in [-0.25, -0.2) is 18.1 Å². The van der Waals surface area contributed by atoms with Crippen LogP contribution in [0, 0.1) is 6.92 Å². The lowest BCUT2D eigenvalue weighted by Crippen LogP contribution is -2.30. The molecule has 0 bridgehead atoms. The van der Waals surface area contributed by atoms with Crippen LogP contribution in [-0.2, 0) is 21.4 Å². The number of hydrogen-bond acceptors (Lipinski definition) is 6. The first-order valence-electron chi connectivity index (χ1n) is 9.96. The summed E-state index contributed by atoms with van der Waals surface area (Å²) in [6.45, 7) is 5.87. The smallest absolute Gasteiger partial charge is 0.248 e. The molecule has 1 heterocycles. The molecule has 1 amide bonds. The van der Waals surface area contributed by atoms with E-state index in [0.29, 0.717) is 12.3 Å². The van der Waals surface area contributed by atoms with Crippen LogP contribution in [0.5, 0.6) is 5.75 Å². The molecule has 2 aromatic carbocycles. The van der Waals surface area contributed by atoms with E-state index in [-0.39, 0.29) is 16.8 Å². The van der Waals surface area contributed by atoms with E-state index in [9.17, 15) is 13.2 Å². The third-order valence-corrected chi connectivity index (χ3v) is 6.68. The van der Waals surface area contributed by atoms with Gasteiger partial charge in [-0.05, 0) is 68.8 Å². The fraction of sp³-hybridized carbons (Fsp3) is 0.217. The van der Waals surface area contributed by atoms with Crippen molar-refractivity contribution in [2.24, 2.45) is 0 Å². The summed E-state index contributed by atoms with van der Waals surface area (Å²) in [7, 11) is -3.56. The molecule has 0 atom stereocenters. The fourth-order valence-corrected chi connectivity index (χ4v) is 4.61. The van der Waals surface area contributed by atoms with E-state index in [1.807, 2.05) is 36.6 Å². The third-order valence-electron chi connectivity index (χ3n) is 4.18. The van der Waals surface area contributed by atoms with E-state index >= 15 is 0 Å². The zero-order valence-corrected chi connectivity index (χ0v) is 19.7. The highest BCUT2D eigenvalue weighted by Crippen LogP contribution is 2.17. The highest BCUT2D eigenvalue weighted by molar-refractivity contribution is 7.89. The number of sulfonamides is 1. The standard InChI is InChI=1S/C23H25N3O4S2/c1-16(2)26-32(28,29)22-11-7-19(8-12-22)25-23(27)13-6-18-4-9-21(10-5-18)30-14-20-15-31-17(3)24-20/h4-13,15-16,26H,14H2,1-3H3,(H,25,27)/b13-6+. The molecule has 0 saturated carbocycles. The molecule has 7 nitrogen and oxygen atoms in total. The third kappa shape index (κ3) is 7.01. The first kappa shape index (κ1) is 23.6. The molecule has 0 aliphatic rings. The van der Waals surface area contributed by atoms with Crippen molar-refractivity contribution in [2.45, 2.75) is 38.3 Å². The number of thiazole rings is 1. The highest BCUT2D eigenvalue weighted by atomic mass is 32.2. The first-order chi connectivity index (χ1) is 15.2. The van der Waals surface area contributed by atoms with Crippen LogP contribution in [0.25, 0.3) is 6.08 Å². The summed E-state index contributed by atoms with van der Waals surface area (Å²) in [5.74, 6) is 0.402. The Bertz CT molecular complexity index is 1180. The molecule has 0 fully saturated rings. The molecule has 3 aromatic rings. The Balaban J connectivity index is 1.52. The minimum absolute atomic E-state index is 0.145. The number of carbonyl (C=O) groups excluding carboxylic acids is 1. The van der Waals surface area contributed by atoms with Crippen LogP contribution >= 0.6 is 11.3 Å². The van der Waals surface area contributed by atoms with Crippen molar-refractivity contribution in [3.05, 3.63) is 76.3 Å². The number of nitrogens with zero attached hydrogens (tertiary/aromatic N) is 1. The Morgan fingerprint density at radius 3 is 2.41 bits per heavy atom. The largest absolute Gasteiger partial charge is 0.487 e. The Hall–Kier alpha value is -3.01. The maximum atomic E-state index is 12.2. The van der Waals surface area contributed by atoms with Crippen molar-refractivity contribution in [1.82, 2.24) is 9.71 Å². The minimum Gasteiger partial charge on any atom is -0.487 e. The molecule has 3 rings (SSSR count). The van der Waals surface area contributed by atoms with E-state index in [4.69, 9.17) is 4.74 Å². The number of aryl methyl sites for hydroxylation is 1. The van der Waals surface area contributed by atoms with Gasteiger partial charge in [0.25, 0.3) is 0 Å². The summed E-state index contributed by atoms with van der Waals surface area (Å²) in [5.41, 5.74) is 2.25. The monoisotopic (exact) mass is 471 g/mol. The number of nitrogens with one attached hydrogen (secondary N) is 2. The van der Waals surface area contributed by atoms with Crippen LogP contribution < -0.4 is 14.8 Å². The van der Waals surface area contributed by atoms with Crippen molar-refractivity contribution in [2.75, 3.05) is 5.32 Å². The van der Waals surface area contributed by atoms with Crippen LogP contribution in [0.1, 0.15) is 30.1 Å². The summed E-state index contributed by atoms with van der Waals surface area (Å²) in [5, 5.41) is 5.69. The van der Waals surface area contributed by atoms with Crippen LogP contribution in [-0.4, -0.2) is 25.4 Å². The summed E-state index contributed by atoms with van der Waals surface area (Å²) in [6, 6.07) is 13.2. The second-order valence-corrected chi connectivity index (χ2v) is 10.1. The second kappa shape index (κ2) is 10.5. The Morgan fingerprint density at radius 2 is 1.81 bits per heavy atom. The lowest BCUT2D eigenvalue weighted by Gasteiger charge is -2.10. The first-order valence-corrected chi connectivity index (χ1v) is 12.3. The normalized spacial score (nSPS) is 11.8. The van der Waals surface area contributed by atoms with Gasteiger partial charge in [0, 0.05) is 23.2 Å². The predicted molar refractivity (Wildman–Crippen MR) is 127 cm³/mol. The van der Waals surface area contributed by atoms with Gasteiger partial charge >= 0.3 is 0 Å². The van der Waals surface area contributed by atoms with Gasteiger partial charge in [0.1, 0.15) is 12.4 Å². The lowest BCUT2D eigenvalue weighted by molar-refractivity contribution is -0.111. The molecular formula is C23H25N3O4S2. The Morgan fingerprint density at radius 1 is 1.12 bits per heavy atom. The molecule has 0 aliphatic heterocycles. The molecule has 1 aromatic heterocycles. The van der Waals surface area contributed by atoms with Crippen molar-refractivity contribution >= 4 is 39.0 Å². The van der Waals surface area contributed by atoms with Gasteiger partial charge in [0.05, 0.1) is 15.6 Å². The number of benzene rings is 2. The number of carbonyl (C=O) groups is 1. The summed E-state index contributed by atoms with van der Waals surface area (Å²) >= 11 is 1.59. The zero-order chi connectivity index (χ0) is 23.1. The lowest BCUT2D eigenvalue weighted by atomic mass is 10.2. The van der Waals surface area contributed by atoms with Crippen molar-refractivity contribution < 1.29 is 17.9 Å². The van der Waals surface area contributed by atoms with Gasteiger partial charge in [0.15, 0.2) is 0 Å². The molecule has 0 spiro atoms. The quantitative estimate of drug-likeness (QED) is 0.452. The molecule has 0 saturated heterocycles. The average Bonchev–Trinajstić information content (AvgIpc) is 3.16. The van der Waals surface area contributed by atoms with Crippen LogP contribution in [0.15, 0.2) is 64.9 Å². The highest BCUT2D eigenvalue weighted by Gasteiger charge is 2.15. The van der Waals surface area contributed by atoms with Crippen LogP contribution in [0.3, 0.4) is 0 Å². The Labute approximate surface area is 192 Å². The van der Waals surface area contributed by atoms with Gasteiger partial charge in [-0.15, -0.1) is 11.3 Å². The summed E-state index contributed by atoms with van der Waals surface area (Å²) in [4.78, 5) is 16.7. The van der Waals surface area contributed by atoms with E-state index in [0.717, 1.165) is 22.0 Å². The maximum Gasteiger partial charge on any atom is 0.248 e. The molecular weight excluding hydrogens is 446 g/mol.